The van der Waals surface area contributed by atoms with E-state index in [4.69, 9.17) is 12.2 Å². The monoisotopic (exact) mass is 497 g/mol. The van der Waals surface area contributed by atoms with Crippen LogP contribution in [0.5, 0.6) is 0 Å². The van der Waals surface area contributed by atoms with Gasteiger partial charge in [0.25, 0.3) is 17.5 Å². The van der Waals surface area contributed by atoms with Crippen molar-refractivity contribution in [2.24, 2.45) is 0 Å². The van der Waals surface area contributed by atoms with Crippen molar-refractivity contribution in [3.8, 4) is 11.1 Å². The van der Waals surface area contributed by atoms with Gasteiger partial charge in [-0.05, 0) is 26.0 Å². The lowest BCUT2D eigenvalue weighted by molar-refractivity contribution is -0.385. The Morgan fingerprint density at radius 2 is 1.73 bits per heavy atom. The number of nitro benzene ring substituents is 1. The number of fused-ring (bicyclic) bond motifs is 4. The lowest BCUT2D eigenvalue weighted by Crippen LogP contribution is -2.52. The molecule has 0 unspecified atom stereocenters. The molecule has 0 bridgehead atoms. The Kier molecular flexibility index (Phi) is 4.82. The first-order valence-corrected chi connectivity index (χ1v) is 12.4. The normalized spacial score (nSPS) is 15.8. The van der Waals surface area contributed by atoms with Crippen LogP contribution in [0.4, 0.5) is 11.4 Å². The number of hydrogen-bond acceptors (Lipinski definition) is 8. The molecule has 3 amide bonds. The molecule has 5 rings (SSSR count). The molecule has 2 aromatic carbocycles. The van der Waals surface area contributed by atoms with Gasteiger partial charge in [0.1, 0.15) is 15.9 Å². The van der Waals surface area contributed by atoms with Crippen molar-refractivity contribution in [3.63, 3.8) is 0 Å². The maximum atomic E-state index is 13.6. The van der Waals surface area contributed by atoms with Crippen molar-refractivity contribution in [2.75, 3.05) is 11.4 Å². The lowest BCUT2D eigenvalue weighted by Gasteiger charge is -2.43. The number of benzene rings is 2. The minimum absolute atomic E-state index is 0.0709. The number of carbonyl (C=O) groups excluding carboxylic acids is 3. The second-order valence-corrected chi connectivity index (χ2v) is 10.9. The van der Waals surface area contributed by atoms with Crippen LogP contribution in [0.25, 0.3) is 11.1 Å². The Labute approximate surface area is 200 Å². The van der Waals surface area contributed by atoms with Crippen molar-refractivity contribution in [1.29, 1.82) is 0 Å². The van der Waals surface area contributed by atoms with Gasteiger partial charge in [0.2, 0.25) is 5.91 Å². The van der Waals surface area contributed by atoms with Gasteiger partial charge in [0, 0.05) is 17.2 Å². The van der Waals surface area contributed by atoms with Crippen LogP contribution in [0.2, 0.25) is 0 Å². The average Bonchev–Trinajstić information content (AvgIpc) is 3.28. The number of carbonyl (C=O) groups is 3. The summed E-state index contributed by atoms with van der Waals surface area (Å²) >= 11 is 5.55. The fraction of sp³-hybridized carbons (Fsp3) is 0.182. The Morgan fingerprint density at radius 1 is 1.03 bits per heavy atom. The fourth-order valence-electron chi connectivity index (χ4n) is 4.44. The molecule has 0 aliphatic carbocycles. The molecular formula is C22H15N3O5S3. The average molecular weight is 498 g/mol. The van der Waals surface area contributed by atoms with E-state index >= 15 is 0 Å². The quantitative estimate of drug-likeness (QED) is 0.166. The molecule has 0 radical (unpaired) electrons. The summed E-state index contributed by atoms with van der Waals surface area (Å²) < 4.78 is 0.746. The minimum Gasteiger partial charge on any atom is -0.300 e. The highest BCUT2D eigenvalue weighted by Gasteiger charge is 2.46. The van der Waals surface area contributed by atoms with E-state index in [1.54, 1.807) is 4.90 Å². The third-order valence-corrected chi connectivity index (χ3v) is 9.21. The third kappa shape index (κ3) is 3.00. The lowest BCUT2D eigenvalue weighted by atomic mass is 9.87. The maximum absolute atomic E-state index is 13.6. The molecule has 0 atom stereocenters. The molecule has 8 nitrogen and oxygen atoms in total. The highest BCUT2D eigenvalue weighted by Crippen LogP contribution is 2.52. The van der Waals surface area contributed by atoms with Crippen LogP contribution in [0.3, 0.4) is 0 Å². The summed E-state index contributed by atoms with van der Waals surface area (Å²) in [7, 11) is 2.97. The molecule has 0 spiro atoms. The zero-order valence-electron chi connectivity index (χ0n) is 17.4. The number of amides is 3. The SMILES string of the molecule is CC1(C)c2ssc(=S)c2-c2ccccc2N1C(=O)CN1C(=O)c2cccc([N+](=O)[O-])c2C1=O. The first-order valence-electron chi connectivity index (χ1n) is 9.84. The van der Waals surface area contributed by atoms with Gasteiger partial charge in [-0.25, -0.2) is 0 Å². The van der Waals surface area contributed by atoms with Crippen LogP contribution in [0.1, 0.15) is 39.4 Å². The van der Waals surface area contributed by atoms with Crippen molar-refractivity contribution < 1.29 is 19.3 Å². The van der Waals surface area contributed by atoms with Crippen LogP contribution in [-0.2, 0) is 10.3 Å². The molecule has 3 aromatic rings. The molecule has 33 heavy (non-hydrogen) atoms. The van der Waals surface area contributed by atoms with E-state index in [9.17, 15) is 24.5 Å². The van der Waals surface area contributed by atoms with Gasteiger partial charge >= 0.3 is 0 Å². The summed E-state index contributed by atoms with van der Waals surface area (Å²) in [6, 6.07) is 11.3. The van der Waals surface area contributed by atoms with E-state index in [2.05, 4.69) is 0 Å². The van der Waals surface area contributed by atoms with E-state index in [1.165, 1.54) is 38.9 Å². The topological polar surface area (TPSA) is 101 Å². The molecule has 1 aromatic heterocycles. The molecule has 0 saturated heterocycles. The molecular weight excluding hydrogens is 482 g/mol. The van der Waals surface area contributed by atoms with Crippen molar-refractivity contribution >= 4 is 62.0 Å². The zero-order valence-corrected chi connectivity index (χ0v) is 19.8. The molecule has 0 N–H and O–H groups in total. The van der Waals surface area contributed by atoms with Crippen molar-refractivity contribution in [2.45, 2.75) is 19.4 Å². The van der Waals surface area contributed by atoms with Gasteiger partial charge in [0.15, 0.2) is 0 Å². The van der Waals surface area contributed by atoms with Crippen LogP contribution in [-0.4, -0.2) is 34.1 Å². The number of imide groups is 1. The zero-order chi connectivity index (χ0) is 23.7. The van der Waals surface area contributed by atoms with Gasteiger partial charge < -0.3 is 0 Å². The second-order valence-electron chi connectivity index (χ2n) is 8.12. The van der Waals surface area contributed by atoms with Crippen LogP contribution in [0.15, 0.2) is 42.5 Å². The van der Waals surface area contributed by atoms with Gasteiger partial charge in [-0.15, -0.1) is 0 Å². The summed E-state index contributed by atoms with van der Waals surface area (Å²) in [5.41, 5.74) is 0.812. The van der Waals surface area contributed by atoms with Crippen LogP contribution in [0, 0.1) is 13.9 Å². The summed E-state index contributed by atoms with van der Waals surface area (Å²) in [6.45, 7) is 3.25. The molecule has 2 aliphatic heterocycles. The van der Waals surface area contributed by atoms with E-state index in [0.717, 1.165) is 24.7 Å². The van der Waals surface area contributed by atoms with Gasteiger partial charge in [-0.3, -0.25) is 34.3 Å². The smallest absolute Gasteiger partial charge is 0.282 e. The van der Waals surface area contributed by atoms with E-state index in [-0.39, 0.29) is 11.1 Å². The van der Waals surface area contributed by atoms with Crippen molar-refractivity contribution in [1.82, 2.24) is 4.90 Å². The molecule has 11 heteroatoms. The highest BCUT2D eigenvalue weighted by molar-refractivity contribution is 7.80. The van der Waals surface area contributed by atoms with E-state index in [1.807, 2.05) is 38.1 Å². The summed E-state index contributed by atoms with van der Waals surface area (Å²) in [5.74, 6) is -2.03. The minimum atomic E-state index is -0.842. The molecule has 2 aliphatic rings. The van der Waals surface area contributed by atoms with Crippen LogP contribution < -0.4 is 4.90 Å². The van der Waals surface area contributed by atoms with Crippen molar-refractivity contribution in [3.05, 3.63) is 72.4 Å². The highest BCUT2D eigenvalue weighted by atomic mass is 32.9. The third-order valence-electron chi connectivity index (χ3n) is 5.88. The summed E-state index contributed by atoms with van der Waals surface area (Å²) in [6.07, 6.45) is 0. The standard InChI is InChI=1S/C22H15N3O5S3/c1-22(2)18-17(21(31)33-32-18)11-6-3-4-8-13(11)24(22)15(26)10-23-19(27)12-7-5-9-14(25(29)30)16(12)20(23)28/h3-9H,10H2,1-2H3. The maximum Gasteiger partial charge on any atom is 0.282 e. The van der Waals surface area contributed by atoms with E-state index in [0.29, 0.717) is 5.69 Å². The van der Waals surface area contributed by atoms with Gasteiger partial charge in [0.05, 0.1) is 26.6 Å². The predicted octanol–water partition coefficient (Wildman–Crippen LogP) is 4.99. The van der Waals surface area contributed by atoms with Gasteiger partial charge in [-0.1, -0.05) is 57.2 Å². The summed E-state index contributed by atoms with van der Waals surface area (Å²) in [4.78, 5) is 53.5. The number of nitro groups is 1. The Balaban J connectivity index is 1.55. The first kappa shape index (κ1) is 21.6. The Bertz CT molecular complexity index is 1460. The number of para-hydroxylation sites is 1. The van der Waals surface area contributed by atoms with E-state index < -0.39 is 40.4 Å². The number of nitrogens with zero attached hydrogens (tertiary/aromatic N) is 3. The van der Waals surface area contributed by atoms with Gasteiger partial charge in [-0.2, -0.15) is 0 Å². The number of anilines is 1. The summed E-state index contributed by atoms with van der Waals surface area (Å²) in [5, 5.41) is 11.4. The second kappa shape index (κ2) is 7.37. The first-order chi connectivity index (χ1) is 15.6. The van der Waals surface area contributed by atoms with Crippen LogP contribution >= 0.6 is 32.9 Å². The predicted molar refractivity (Wildman–Crippen MR) is 127 cm³/mol. The Morgan fingerprint density at radius 3 is 2.45 bits per heavy atom. The molecule has 0 saturated carbocycles. The molecule has 3 heterocycles. The number of hydrogen-bond donors (Lipinski definition) is 0. The Hall–Kier alpha value is -3.28. The number of rotatable bonds is 3. The molecule has 0 fully saturated rings. The molecule has 166 valence electrons. The fourth-order valence-corrected chi connectivity index (χ4v) is 7.72. The largest absolute Gasteiger partial charge is 0.300 e.